The van der Waals surface area contributed by atoms with Crippen LogP contribution < -0.4 is 4.90 Å². The summed E-state index contributed by atoms with van der Waals surface area (Å²) in [6.07, 6.45) is 4.82. The number of aryl methyl sites for hydroxylation is 1. The molecule has 1 aromatic rings. The van der Waals surface area contributed by atoms with E-state index in [4.69, 9.17) is 0 Å². The Balaban J connectivity index is 2.11. The molecule has 0 radical (unpaired) electrons. The molecule has 0 amide bonds. The predicted molar refractivity (Wildman–Crippen MR) is 71.7 cm³/mol. The Morgan fingerprint density at radius 1 is 1.62 bits per heavy atom. The number of anilines is 1. The Morgan fingerprint density at radius 3 is 3.12 bits per heavy atom. The van der Waals surface area contributed by atoms with Crippen LogP contribution in [0, 0.1) is 0 Å². The van der Waals surface area contributed by atoms with Gasteiger partial charge in [0, 0.05) is 19.3 Å². The molecule has 1 aliphatic carbocycles. The summed E-state index contributed by atoms with van der Waals surface area (Å²) in [5.41, 5.74) is 1.12. The zero-order valence-corrected chi connectivity index (χ0v) is 11.4. The highest BCUT2D eigenvalue weighted by atomic mass is 32.2. The third-order valence-electron chi connectivity index (χ3n) is 2.87. The fraction of sp³-hybridized carbons (Fsp3) is 0.727. The van der Waals surface area contributed by atoms with Gasteiger partial charge in [-0.15, -0.1) is 0 Å². The van der Waals surface area contributed by atoms with Gasteiger partial charge in [0.15, 0.2) is 5.13 Å². The zero-order valence-electron chi connectivity index (χ0n) is 9.77. The van der Waals surface area contributed by atoms with Crippen molar-refractivity contribution < 1.29 is 5.11 Å². The van der Waals surface area contributed by atoms with Crippen LogP contribution in [-0.2, 0) is 6.42 Å². The lowest BCUT2D eigenvalue weighted by Gasteiger charge is -2.14. The second-order valence-electron chi connectivity index (χ2n) is 4.13. The number of fused-ring (bicyclic) bond motifs is 1. The molecule has 90 valence electrons. The van der Waals surface area contributed by atoms with Crippen molar-refractivity contribution in [2.75, 3.05) is 30.5 Å². The maximum atomic E-state index is 9.88. The van der Waals surface area contributed by atoms with Crippen LogP contribution in [-0.4, -0.2) is 35.7 Å². The van der Waals surface area contributed by atoms with Gasteiger partial charge in [0.25, 0.3) is 0 Å². The standard InChI is InChI=1S/C11H18N2OS2/c1-13(6-7-15-2)11-12-8-4-3-5-9(14)10(8)16-11/h9,14H,3-7H2,1-2H3. The first kappa shape index (κ1) is 12.2. The first-order valence-corrected chi connectivity index (χ1v) is 7.81. The lowest BCUT2D eigenvalue weighted by Crippen LogP contribution is -2.19. The molecule has 0 aliphatic heterocycles. The number of aliphatic hydroxyl groups excluding tert-OH is 1. The minimum atomic E-state index is -0.274. The molecule has 0 aromatic carbocycles. The molecule has 3 nitrogen and oxygen atoms in total. The van der Waals surface area contributed by atoms with E-state index in [9.17, 15) is 5.11 Å². The molecule has 1 aliphatic rings. The topological polar surface area (TPSA) is 36.4 Å². The molecule has 0 saturated carbocycles. The Kier molecular flexibility index (Phi) is 4.10. The molecule has 5 heteroatoms. The second-order valence-corrected chi connectivity index (χ2v) is 6.12. The van der Waals surface area contributed by atoms with E-state index in [1.165, 1.54) is 0 Å². The van der Waals surface area contributed by atoms with Crippen LogP contribution in [0.2, 0.25) is 0 Å². The monoisotopic (exact) mass is 258 g/mol. The smallest absolute Gasteiger partial charge is 0.185 e. The van der Waals surface area contributed by atoms with E-state index in [0.717, 1.165) is 47.3 Å². The first-order chi connectivity index (χ1) is 7.72. The van der Waals surface area contributed by atoms with E-state index in [2.05, 4.69) is 23.2 Å². The lowest BCUT2D eigenvalue weighted by molar-refractivity contribution is 0.160. The summed E-state index contributed by atoms with van der Waals surface area (Å²) in [7, 11) is 2.08. The van der Waals surface area contributed by atoms with E-state index in [1.54, 1.807) is 11.3 Å². The Hall–Kier alpha value is -0.260. The number of hydrogen-bond acceptors (Lipinski definition) is 5. The van der Waals surface area contributed by atoms with Crippen molar-refractivity contribution in [2.45, 2.75) is 25.4 Å². The SMILES string of the molecule is CSCCN(C)c1nc2c(s1)C(O)CCC2. The van der Waals surface area contributed by atoms with Crippen molar-refractivity contribution in [1.82, 2.24) is 4.98 Å². The Bertz CT molecular complexity index is 354. The number of hydrogen-bond donors (Lipinski definition) is 1. The van der Waals surface area contributed by atoms with Crippen LogP contribution in [0.5, 0.6) is 0 Å². The minimum Gasteiger partial charge on any atom is -0.388 e. The Labute approximate surface area is 105 Å². The van der Waals surface area contributed by atoms with Crippen LogP contribution in [0.15, 0.2) is 0 Å². The summed E-state index contributed by atoms with van der Waals surface area (Å²) in [6, 6.07) is 0. The Morgan fingerprint density at radius 2 is 2.44 bits per heavy atom. The van der Waals surface area contributed by atoms with Gasteiger partial charge in [-0.25, -0.2) is 4.98 Å². The molecule has 1 aromatic heterocycles. The zero-order chi connectivity index (χ0) is 11.5. The molecule has 16 heavy (non-hydrogen) atoms. The molecule has 0 spiro atoms. The highest BCUT2D eigenvalue weighted by Crippen LogP contribution is 2.37. The van der Waals surface area contributed by atoms with E-state index in [-0.39, 0.29) is 6.10 Å². The molecule has 0 bridgehead atoms. The highest BCUT2D eigenvalue weighted by molar-refractivity contribution is 7.98. The fourth-order valence-corrected chi connectivity index (χ4v) is 3.45. The highest BCUT2D eigenvalue weighted by Gasteiger charge is 2.23. The van der Waals surface area contributed by atoms with Gasteiger partial charge in [0.2, 0.25) is 0 Å². The minimum absolute atomic E-state index is 0.274. The summed E-state index contributed by atoms with van der Waals surface area (Å²) in [4.78, 5) is 7.91. The molecule has 2 rings (SSSR count). The van der Waals surface area contributed by atoms with Crippen molar-refractivity contribution in [3.63, 3.8) is 0 Å². The summed E-state index contributed by atoms with van der Waals surface area (Å²) in [5.74, 6) is 1.11. The largest absolute Gasteiger partial charge is 0.388 e. The average Bonchev–Trinajstić information content (AvgIpc) is 2.71. The van der Waals surface area contributed by atoms with Crippen molar-refractivity contribution in [1.29, 1.82) is 0 Å². The van der Waals surface area contributed by atoms with Gasteiger partial charge in [-0.05, 0) is 25.5 Å². The molecular weight excluding hydrogens is 240 g/mol. The molecule has 1 heterocycles. The number of nitrogens with zero attached hydrogens (tertiary/aromatic N) is 2. The molecule has 0 fully saturated rings. The normalized spacial score (nSPS) is 19.6. The fourth-order valence-electron chi connectivity index (χ4n) is 1.87. The van der Waals surface area contributed by atoms with Gasteiger partial charge in [-0.3, -0.25) is 0 Å². The van der Waals surface area contributed by atoms with E-state index in [1.807, 2.05) is 11.8 Å². The number of aromatic nitrogens is 1. The van der Waals surface area contributed by atoms with Crippen LogP contribution in [0.25, 0.3) is 0 Å². The molecular formula is C11H18N2OS2. The molecule has 1 unspecified atom stereocenters. The van der Waals surface area contributed by atoms with Crippen molar-refractivity contribution in [2.24, 2.45) is 0 Å². The van der Waals surface area contributed by atoms with Crippen LogP contribution in [0.4, 0.5) is 5.13 Å². The van der Waals surface area contributed by atoms with Crippen molar-refractivity contribution >= 4 is 28.2 Å². The second kappa shape index (κ2) is 5.38. The molecule has 0 saturated heterocycles. The number of aliphatic hydroxyl groups is 1. The summed E-state index contributed by atoms with van der Waals surface area (Å²) in [5, 5.41) is 10.9. The third kappa shape index (κ3) is 2.52. The maximum Gasteiger partial charge on any atom is 0.185 e. The number of rotatable bonds is 4. The van der Waals surface area contributed by atoms with Gasteiger partial charge in [-0.2, -0.15) is 11.8 Å². The van der Waals surface area contributed by atoms with Crippen LogP contribution in [0.1, 0.15) is 29.5 Å². The lowest BCUT2D eigenvalue weighted by atomic mass is 10.0. The number of thioether (sulfide) groups is 1. The molecule has 1 N–H and O–H groups in total. The third-order valence-corrected chi connectivity index (χ3v) is 4.77. The van der Waals surface area contributed by atoms with Gasteiger partial charge >= 0.3 is 0 Å². The van der Waals surface area contributed by atoms with Crippen LogP contribution >= 0.6 is 23.1 Å². The van der Waals surface area contributed by atoms with Gasteiger partial charge < -0.3 is 10.0 Å². The van der Waals surface area contributed by atoms with Crippen molar-refractivity contribution in [3.05, 3.63) is 10.6 Å². The van der Waals surface area contributed by atoms with Gasteiger partial charge in [0.05, 0.1) is 16.7 Å². The quantitative estimate of drug-likeness (QED) is 0.899. The van der Waals surface area contributed by atoms with Gasteiger partial charge in [-0.1, -0.05) is 11.3 Å². The van der Waals surface area contributed by atoms with Crippen molar-refractivity contribution in [3.8, 4) is 0 Å². The van der Waals surface area contributed by atoms with E-state index < -0.39 is 0 Å². The maximum absolute atomic E-state index is 9.88. The van der Waals surface area contributed by atoms with E-state index in [0.29, 0.717) is 0 Å². The summed E-state index contributed by atoms with van der Waals surface area (Å²) in [6.45, 7) is 1.02. The predicted octanol–water partition coefficient (Wildman–Crippen LogP) is 2.31. The van der Waals surface area contributed by atoms with E-state index >= 15 is 0 Å². The molecule has 1 atom stereocenters. The number of thiazole rings is 1. The summed E-state index contributed by atoms with van der Waals surface area (Å²) >= 11 is 3.50. The average molecular weight is 258 g/mol. The summed E-state index contributed by atoms with van der Waals surface area (Å²) < 4.78 is 0. The van der Waals surface area contributed by atoms with Crippen LogP contribution in [0.3, 0.4) is 0 Å². The first-order valence-electron chi connectivity index (χ1n) is 5.60. The van der Waals surface area contributed by atoms with Gasteiger partial charge in [0.1, 0.15) is 0 Å².